The number of pyridine rings is 1. The fraction of sp³-hybridized carbons (Fsp3) is 0. The number of nitrogens with one attached hydrogen (secondary N) is 1. The highest BCUT2D eigenvalue weighted by molar-refractivity contribution is 6.01. The van der Waals surface area contributed by atoms with Gasteiger partial charge >= 0.3 is 0 Å². The largest absolute Gasteiger partial charge is 0.307 e. The van der Waals surface area contributed by atoms with Crippen molar-refractivity contribution in [1.29, 1.82) is 0 Å². The molecule has 0 aliphatic carbocycles. The van der Waals surface area contributed by atoms with Crippen molar-refractivity contribution in [2.75, 3.05) is 5.32 Å². The summed E-state index contributed by atoms with van der Waals surface area (Å²) in [5.41, 5.74) is 2.72. The average molecular weight is 345 g/mol. The van der Waals surface area contributed by atoms with Crippen molar-refractivity contribution in [3.63, 3.8) is 0 Å². The lowest BCUT2D eigenvalue weighted by Crippen LogP contribution is -2.08. The second kappa shape index (κ2) is 7.85. The molecule has 0 radical (unpaired) electrons. The van der Waals surface area contributed by atoms with E-state index >= 15 is 0 Å². The van der Waals surface area contributed by atoms with Gasteiger partial charge in [-0.3, -0.25) is 14.9 Å². The van der Waals surface area contributed by atoms with Gasteiger partial charge in [0.05, 0.1) is 4.92 Å². The maximum Gasteiger partial charge on any atom is 0.269 e. The zero-order chi connectivity index (χ0) is 18.4. The van der Waals surface area contributed by atoms with Gasteiger partial charge in [0, 0.05) is 30.0 Å². The van der Waals surface area contributed by atoms with Gasteiger partial charge in [0.25, 0.3) is 5.69 Å². The van der Waals surface area contributed by atoms with Gasteiger partial charge in [0.1, 0.15) is 5.82 Å². The number of carbonyl (C=O) groups is 1. The minimum atomic E-state index is -0.467. The van der Waals surface area contributed by atoms with Crippen LogP contribution in [-0.4, -0.2) is 15.8 Å². The maximum atomic E-state index is 12.0. The molecule has 0 spiro atoms. The summed E-state index contributed by atoms with van der Waals surface area (Å²) in [7, 11) is 0. The van der Waals surface area contributed by atoms with Crippen LogP contribution in [0.3, 0.4) is 0 Å². The SMILES string of the molecule is O=C(/C=C/c1ccc([N+](=O)[O-])cc1)Nc1ccc(-c2ccccc2)cn1. The number of aromatic nitrogens is 1. The molecular weight excluding hydrogens is 330 g/mol. The number of nitro benzene ring substituents is 1. The van der Waals surface area contributed by atoms with E-state index in [0.717, 1.165) is 11.1 Å². The monoisotopic (exact) mass is 345 g/mol. The van der Waals surface area contributed by atoms with Crippen LogP contribution in [0.25, 0.3) is 17.2 Å². The van der Waals surface area contributed by atoms with Crippen LogP contribution in [0.4, 0.5) is 11.5 Å². The highest BCUT2D eigenvalue weighted by Gasteiger charge is 2.04. The van der Waals surface area contributed by atoms with E-state index in [-0.39, 0.29) is 11.6 Å². The first-order valence-electron chi connectivity index (χ1n) is 7.87. The summed E-state index contributed by atoms with van der Waals surface area (Å²) < 4.78 is 0. The van der Waals surface area contributed by atoms with E-state index in [1.165, 1.54) is 18.2 Å². The Morgan fingerprint density at radius 2 is 1.69 bits per heavy atom. The molecule has 128 valence electrons. The smallest absolute Gasteiger partial charge is 0.269 e. The number of benzene rings is 2. The molecule has 3 rings (SSSR count). The van der Waals surface area contributed by atoms with Crippen molar-refractivity contribution in [2.45, 2.75) is 0 Å². The van der Waals surface area contributed by atoms with Crippen LogP contribution in [0.1, 0.15) is 5.56 Å². The zero-order valence-corrected chi connectivity index (χ0v) is 13.7. The fourth-order valence-corrected chi connectivity index (χ4v) is 2.32. The third-order valence-electron chi connectivity index (χ3n) is 3.65. The lowest BCUT2D eigenvalue weighted by atomic mass is 10.1. The minimum absolute atomic E-state index is 0.00862. The molecule has 1 N–H and O–H groups in total. The number of rotatable bonds is 5. The maximum absolute atomic E-state index is 12.0. The van der Waals surface area contributed by atoms with Gasteiger partial charge in [0.2, 0.25) is 5.91 Å². The number of hydrogen-bond donors (Lipinski definition) is 1. The summed E-state index contributed by atoms with van der Waals surface area (Å²) in [6.07, 6.45) is 4.64. The van der Waals surface area contributed by atoms with Crippen molar-refractivity contribution in [3.8, 4) is 11.1 Å². The van der Waals surface area contributed by atoms with Gasteiger partial charge in [-0.1, -0.05) is 30.3 Å². The van der Waals surface area contributed by atoms with Gasteiger partial charge in [-0.15, -0.1) is 0 Å². The quantitative estimate of drug-likeness (QED) is 0.424. The average Bonchev–Trinajstić information content (AvgIpc) is 2.68. The molecule has 0 saturated carbocycles. The Hall–Kier alpha value is -3.80. The first kappa shape index (κ1) is 17.0. The molecule has 0 bridgehead atoms. The van der Waals surface area contributed by atoms with Gasteiger partial charge in [-0.2, -0.15) is 0 Å². The lowest BCUT2D eigenvalue weighted by molar-refractivity contribution is -0.384. The molecule has 1 aromatic heterocycles. The van der Waals surface area contributed by atoms with Crippen LogP contribution in [0.15, 0.2) is 79.0 Å². The fourth-order valence-electron chi connectivity index (χ4n) is 2.32. The van der Waals surface area contributed by atoms with Crippen LogP contribution < -0.4 is 5.32 Å². The molecule has 1 amide bonds. The molecule has 6 heteroatoms. The summed E-state index contributed by atoms with van der Waals surface area (Å²) in [6.45, 7) is 0. The number of amides is 1. The van der Waals surface area contributed by atoms with E-state index in [9.17, 15) is 14.9 Å². The molecule has 0 unspecified atom stereocenters. The Morgan fingerprint density at radius 3 is 2.31 bits per heavy atom. The number of nitro groups is 1. The third-order valence-corrected chi connectivity index (χ3v) is 3.65. The third kappa shape index (κ3) is 4.39. The Kier molecular flexibility index (Phi) is 5.14. The summed E-state index contributed by atoms with van der Waals surface area (Å²) in [5.74, 6) is 0.117. The Morgan fingerprint density at radius 1 is 0.962 bits per heavy atom. The summed E-state index contributed by atoms with van der Waals surface area (Å²) in [6, 6.07) is 19.4. The van der Waals surface area contributed by atoms with E-state index in [4.69, 9.17) is 0 Å². The molecule has 1 heterocycles. The zero-order valence-electron chi connectivity index (χ0n) is 13.7. The Labute approximate surface area is 150 Å². The second-order valence-corrected chi connectivity index (χ2v) is 5.47. The number of nitrogens with zero attached hydrogens (tertiary/aromatic N) is 2. The van der Waals surface area contributed by atoms with Gasteiger partial charge in [-0.25, -0.2) is 4.98 Å². The molecule has 0 fully saturated rings. The molecular formula is C20H15N3O3. The van der Waals surface area contributed by atoms with E-state index in [2.05, 4.69) is 10.3 Å². The molecule has 2 aromatic carbocycles. The predicted octanol–water partition coefficient (Wildman–Crippen LogP) is 4.31. The molecule has 0 aliphatic rings. The highest BCUT2D eigenvalue weighted by Crippen LogP contribution is 2.19. The number of non-ortho nitro benzene ring substituents is 1. The van der Waals surface area contributed by atoms with Crippen LogP contribution in [0.2, 0.25) is 0 Å². The minimum Gasteiger partial charge on any atom is -0.307 e. The molecule has 0 saturated heterocycles. The second-order valence-electron chi connectivity index (χ2n) is 5.47. The van der Waals surface area contributed by atoms with Crippen molar-refractivity contribution < 1.29 is 9.72 Å². The topological polar surface area (TPSA) is 85.1 Å². The van der Waals surface area contributed by atoms with Crippen LogP contribution in [0, 0.1) is 10.1 Å². The van der Waals surface area contributed by atoms with E-state index in [1.807, 2.05) is 36.4 Å². The van der Waals surface area contributed by atoms with E-state index in [1.54, 1.807) is 30.5 Å². The van der Waals surface area contributed by atoms with Gasteiger partial charge < -0.3 is 5.32 Å². The van der Waals surface area contributed by atoms with E-state index < -0.39 is 4.92 Å². The van der Waals surface area contributed by atoms with Crippen molar-refractivity contribution >= 4 is 23.5 Å². The number of carbonyl (C=O) groups excluding carboxylic acids is 1. The molecule has 0 aliphatic heterocycles. The van der Waals surface area contributed by atoms with E-state index in [0.29, 0.717) is 11.4 Å². The van der Waals surface area contributed by atoms with Gasteiger partial charge in [0.15, 0.2) is 0 Å². The Bertz CT molecular complexity index is 934. The van der Waals surface area contributed by atoms with Crippen LogP contribution in [0.5, 0.6) is 0 Å². The molecule has 3 aromatic rings. The van der Waals surface area contributed by atoms with Crippen molar-refractivity contribution in [3.05, 3.63) is 94.7 Å². The summed E-state index contributed by atoms with van der Waals surface area (Å²) >= 11 is 0. The standard InChI is InChI=1S/C20H15N3O3/c24-20(13-8-15-6-10-18(11-7-15)23(25)26)22-19-12-9-17(14-21-19)16-4-2-1-3-5-16/h1-14H,(H,21,22,24)/b13-8+. The molecule has 0 atom stereocenters. The summed E-state index contributed by atoms with van der Waals surface area (Å²) in [5, 5.41) is 13.3. The van der Waals surface area contributed by atoms with Gasteiger partial charge in [-0.05, 0) is 41.5 Å². The van der Waals surface area contributed by atoms with Crippen molar-refractivity contribution in [1.82, 2.24) is 4.98 Å². The van der Waals surface area contributed by atoms with Crippen LogP contribution in [-0.2, 0) is 4.79 Å². The highest BCUT2D eigenvalue weighted by atomic mass is 16.6. The number of anilines is 1. The number of hydrogen-bond acceptors (Lipinski definition) is 4. The molecule has 6 nitrogen and oxygen atoms in total. The normalized spacial score (nSPS) is 10.6. The van der Waals surface area contributed by atoms with Crippen LogP contribution >= 0.6 is 0 Å². The Balaban J connectivity index is 1.61. The first-order chi connectivity index (χ1) is 12.6. The summed E-state index contributed by atoms with van der Waals surface area (Å²) in [4.78, 5) is 26.4. The lowest BCUT2D eigenvalue weighted by Gasteiger charge is -2.04. The van der Waals surface area contributed by atoms with Crippen molar-refractivity contribution in [2.24, 2.45) is 0 Å². The predicted molar refractivity (Wildman–Crippen MR) is 100 cm³/mol. The first-order valence-corrected chi connectivity index (χ1v) is 7.87. The molecule has 26 heavy (non-hydrogen) atoms.